The molecule has 1 N–H and O–H groups in total. The highest BCUT2D eigenvalue weighted by Crippen LogP contribution is 2.11. The first kappa shape index (κ1) is 16.6. The second kappa shape index (κ2) is 8.06. The maximum atomic E-state index is 12.6. The molecule has 3 heterocycles. The van der Waals surface area contributed by atoms with Crippen LogP contribution in [0.3, 0.4) is 0 Å². The number of carbonyl (C=O) groups excluding carboxylic acids is 1. The van der Waals surface area contributed by atoms with E-state index in [1.165, 1.54) is 0 Å². The minimum atomic E-state index is 0.0355. The SMILES string of the molecule is CCCc1cc(C(=O)N2CCCN(Cc3ccccn3)CC2)n[nH]1. The van der Waals surface area contributed by atoms with E-state index >= 15 is 0 Å². The first-order chi connectivity index (χ1) is 11.8. The number of amides is 1. The Morgan fingerprint density at radius 3 is 2.96 bits per heavy atom. The smallest absolute Gasteiger partial charge is 0.274 e. The van der Waals surface area contributed by atoms with Crippen molar-refractivity contribution in [2.75, 3.05) is 26.2 Å². The zero-order chi connectivity index (χ0) is 16.8. The molecule has 0 aliphatic carbocycles. The van der Waals surface area contributed by atoms with Gasteiger partial charge in [0.2, 0.25) is 0 Å². The fraction of sp³-hybridized carbons (Fsp3) is 0.500. The van der Waals surface area contributed by atoms with E-state index in [0.717, 1.165) is 63.4 Å². The number of nitrogens with zero attached hydrogens (tertiary/aromatic N) is 4. The van der Waals surface area contributed by atoms with E-state index in [-0.39, 0.29) is 5.91 Å². The van der Waals surface area contributed by atoms with Crippen LogP contribution < -0.4 is 0 Å². The van der Waals surface area contributed by atoms with Crippen LogP contribution in [-0.2, 0) is 13.0 Å². The van der Waals surface area contributed by atoms with Crippen LogP contribution in [0.2, 0.25) is 0 Å². The van der Waals surface area contributed by atoms with Crippen LogP contribution in [0, 0.1) is 0 Å². The molecule has 6 heteroatoms. The Hall–Kier alpha value is -2.21. The Bertz CT molecular complexity index is 654. The average Bonchev–Trinajstić information content (AvgIpc) is 2.94. The normalized spacial score (nSPS) is 16.1. The van der Waals surface area contributed by atoms with Crippen molar-refractivity contribution in [1.29, 1.82) is 0 Å². The first-order valence-corrected chi connectivity index (χ1v) is 8.72. The Balaban J connectivity index is 1.57. The lowest BCUT2D eigenvalue weighted by Crippen LogP contribution is -2.35. The van der Waals surface area contributed by atoms with Crippen LogP contribution in [0.15, 0.2) is 30.5 Å². The summed E-state index contributed by atoms with van der Waals surface area (Å²) in [5, 5.41) is 7.16. The molecule has 2 aromatic rings. The molecule has 0 saturated carbocycles. The highest BCUT2D eigenvalue weighted by Gasteiger charge is 2.22. The summed E-state index contributed by atoms with van der Waals surface area (Å²) in [7, 11) is 0. The van der Waals surface area contributed by atoms with Gasteiger partial charge < -0.3 is 4.90 Å². The van der Waals surface area contributed by atoms with E-state index in [9.17, 15) is 4.79 Å². The Morgan fingerprint density at radius 1 is 1.25 bits per heavy atom. The van der Waals surface area contributed by atoms with Gasteiger partial charge >= 0.3 is 0 Å². The number of H-pyrrole nitrogens is 1. The summed E-state index contributed by atoms with van der Waals surface area (Å²) in [5.74, 6) is 0.0355. The number of aromatic amines is 1. The lowest BCUT2D eigenvalue weighted by molar-refractivity contribution is 0.0755. The van der Waals surface area contributed by atoms with Crippen molar-refractivity contribution in [2.45, 2.75) is 32.7 Å². The van der Waals surface area contributed by atoms with E-state index in [2.05, 4.69) is 27.0 Å². The van der Waals surface area contributed by atoms with Gasteiger partial charge in [0, 0.05) is 44.6 Å². The number of hydrogen-bond donors (Lipinski definition) is 1. The number of aryl methyl sites for hydroxylation is 1. The van der Waals surface area contributed by atoms with Gasteiger partial charge in [-0.1, -0.05) is 19.4 Å². The van der Waals surface area contributed by atoms with Crippen LogP contribution in [-0.4, -0.2) is 57.1 Å². The summed E-state index contributed by atoms with van der Waals surface area (Å²) in [6.07, 6.45) is 4.78. The number of hydrogen-bond acceptors (Lipinski definition) is 4. The molecule has 2 aromatic heterocycles. The van der Waals surface area contributed by atoms with E-state index in [4.69, 9.17) is 0 Å². The summed E-state index contributed by atoms with van der Waals surface area (Å²) < 4.78 is 0. The van der Waals surface area contributed by atoms with Gasteiger partial charge in [-0.3, -0.25) is 19.8 Å². The van der Waals surface area contributed by atoms with Crippen LogP contribution in [0.4, 0.5) is 0 Å². The second-order valence-corrected chi connectivity index (χ2v) is 6.27. The fourth-order valence-corrected chi connectivity index (χ4v) is 3.08. The fourth-order valence-electron chi connectivity index (χ4n) is 3.08. The van der Waals surface area contributed by atoms with Crippen LogP contribution >= 0.6 is 0 Å². The van der Waals surface area contributed by atoms with Crippen LogP contribution in [0.1, 0.15) is 41.6 Å². The van der Waals surface area contributed by atoms with Crippen molar-refractivity contribution in [3.8, 4) is 0 Å². The third-order valence-electron chi connectivity index (χ3n) is 4.36. The van der Waals surface area contributed by atoms with Crippen LogP contribution in [0.5, 0.6) is 0 Å². The second-order valence-electron chi connectivity index (χ2n) is 6.27. The lowest BCUT2D eigenvalue weighted by atomic mass is 10.2. The zero-order valence-electron chi connectivity index (χ0n) is 14.2. The van der Waals surface area contributed by atoms with Crippen molar-refractivity contribution >= 4 is 5.91 Å². The molecule has 0 radical (unpaired) electrons. The highest BCUT2D eigenvalue weighted by atomic mass is 16.2. The number of pyridine rings is 1. The third-order valence-corrected chi connectivity index (χ3v) is 4.36. The van der Waals surface area contributed by atoms with E-state index in [1.807, 2.05) is 35.4 Å². The molecular weight excluding hydrogens is 302 g/mol. The van der Waals surface area contributed by atoms with Gasteiger partial charge in [-0.15, -0.1) is 0 Å². The molecule has 0 aromatic carbocycles. The molecule has 0 bridgehead atoms. The Kier molecular flexibility index (Phi) is 5.59. The van der Waals surface area contributed by atoms with Crippen molar-refractivity contribution < 1.29 is 4.79 Å². The molecule has 0 spiro atoms. The van der Waals surface area contributed by atoms with E-state index in [0.29, 0.717) is 5.69 Å². The van der Waals surface area contributed by atoms with Gasteiger partial charge in [-0.05, 0) is 31.0 Å². The molecule has 1 aliphatic rings. The average molecular weight is 327 g/mol. The van der Waals surface area contributed by atoms with Gasteiger partial charge in [-0.25, -0.2) is 0 Å². The molecule has 1 amide bonds. The number of rotatable bonds is 5. The predicted octanol–water partition coefficient (Wildman–Crippen LogP) is 2.11. The molecule has 24 heavy (non-hydrogen) atoms. The number of carbonyl (C=O) groups is 1. The minimum absolute atomic E-state index is 0.0355. The minimum Gasteiger partial charge on any atom is -0.336 e. The monoisotopic (exact) mass is 327 g/mol. The molecule has 128 valence electrons. The molecule has 1 aliphatic heterocycles. The third kappa shape index (κ3) is 4.20. The maximum absolute atomic E-state index is 12.6. The maximum Gasteiger partial charge on any atom is 0.274 e. The largest absolute Gasteiger partial charge is 0.336 e. The number of nitrogens with one attached hydrogen (secondary N) is 1. The summed E-state index contributed by atoms with van der Waals surface area (Å²) >= 11 is 0. The Labute approximate surface area is 142 Å². The quantitative estimate of drug-likeness (QED) is 0.913. The summed E-state index contributed by atoms with van der Waals surface area (Å²) in [4.78, 5) is 21.3. The van der Waals surface area contributed by atoms with Gasteiger partial charge in [0.05, 0.1) is 5.69 Å². The van der Waals surface area contributed by atoms with Crippen molar-refractivity contribution in [1.82, 2.24) is 25.0 Å². The summed E-state index contributed by atoms with van der Waals surface area (Å²) in [5.41, 5.74) is 2.65. The molecule has 1 saturated heterocycles. The van der Waals surface area contributed by atoms with Gasteiger partial charge in [0.25, 0.3) is 5.91 Å². The highest BCUT2D eigenvalue weighted by molar-refractivity contribution is 5.92. The van der Waals surface area contributed by atoms with Crippen molar-refractivity contribution in [3.05, 3.63) is 47.5 Å². The molecule has 0 atom stereocenters. The standard InChI is InChI=1S/C18H25N5O/c1-2-6-15-13-17(21-20-15)18(24)23-10-5-9-22(11-12-23)14-16-7-3-4-8-19-16/h3-4,7-8,13H,2,5-6,9-12,14H2,1H3,(H,20,21). The summed E-state index contributed by atoms with van der Waals surface area (Å²) in [6, 6.07) is 7.89. The predicted molar refractivity (Wildman–Crippen MR) is 92.6 cm³/mol. The van der Waals surface area contributed by atoms with E-state index in [1.54, 1.807) is 0 Å². The lowest BCUT2D eigenvalue weighted by Gasteiger charge is -2.21. The topological polar surface area (TPSA) is 65.1 Å². The van der Waals surface area contributed by atoms with Gasteiger partial charge in [0.1, 0.15) is 5.69 Å². The molecule has 1 fully saturated rings. The van der Waals surface area contributed by atoms with Crippen molar-refractivity contribution in [3.63, 3.8) is 0 Å². The first-order valence-electron chi connectivity index (χ1n) is 8.72. The number of aromatic nitrogens is 3. The Morgan fingerprint density at radius 2 is 2.17 bits per heavy atom. The molecule has 0 unspecified atom stereocenters. The van der Waals surface area contributed by atoms with E-state index < -0.39 is 0 Å². The van der Waals surface area contributed by atoms with Gasteiger partial charge in [0.15, 0.2) is 0 Å². The van der Waals surface area contributed by atoms with Gasteiger partial charge in [-0.2, -0.15) is 5.10 Å². The van der Waals surface area contributed by atoms with Crippen molar-refractivity contribution in [2.24, 2.45) is 0 Å². The zero-order valence-corrected chi connectivity index (χ0v) is 14.2. The molecule has 6 nitrogen and oxygen atoms in total. The molecule has 3 rings (SSSR count). The molecular formula is C18H25N5O. The van der Waals surface area contributed by atoms with Crippen LogP contribution in [0.25, 0.3) is 0 Å². The summed E-state index contributed by atoms with van der Waals surface area (Å²) in [6.45, 7) is 6.34.